The van der Waals surface area contributed by atoms with E-state index in [4.69, 9.17) is 4.74 Å². The summed E-state index contributed by atoms with van der Waals surface area (Å²) in [6.45, 7) is 5.42. The molecule has 0 radical (unpaired) electrons. The van der Waals surface area contributed by atoms with Gasteiger partial charge in [-0.3, -0.25) is 9.59 Å². The molecule has 0 atom stereocenters. The van der Waals surface area contributed by atoms with Gasteiger partial charge in [0.15, 0.2) is 0 Å². The number of amides is 2. The number of sulfonamides is 1. The minimum absolute atomic E-state index is 0.0401. The molecule has 8 nitrogen and oxygen atoms in total. The average Bonchev–Trinajstić information content (AvgIpc) is 2.82. The molecule has 1 aliphatic rings. The van der Waals surface area contributed by atoms with Gasteiger partial charge in [0, 0.05) is 19.6 Å². The van der Waals surface area contributed by atoms with Gasteiger partial charge < -0.3 is 15.4 Å². The number of para-hydroxylation sites is 1. The molecular weight excluding hydrogens is 442 g/mol. The molecule has 2 aromatic rings. The summed E-state index contributed by atoms with van der Waals surface area (Å²) in [6, 6.07) is 10.9. The Hall–Kier alpha value is -2.91. The first-order chi connectivity index (χ1) is 15.7. The quantitative estimate of drug-likeness (QED) is 0.611. The predicted octanol–water partition coefficient (Wildman–Crippen LogP) is 3.51. The van der Waals surface area contributed by atoms with Gasteiger partial charge in [-0.05, 0) is 49.1 Å². The molecule has 2 amide bonds. The van der Waals surface area contributed by atoms with Gasteiger partial charge in [-0.25, -0.2) is 8.42 Å². The van der Waals surface area contributed by atoms with Crippen LogP contribution in [0.5, 0.6) is 5.75 Å². The maximum absolute atomic E-state index is 13.2. The summed E-state index contributed by atoms with van der Waals surface area (Å²) < 4.78 is 32.9. The number of hydrogen-bond acceptors (Lipinski definition) is 5. The fraction of sp³-hybridized carbons (Fsp3) is 0.417. The highest BCUT2D eigenvalue weighted by Gasteiger charge is 2.28. The van der Waals surface area contributed by atoms with Crippen LogP contribution in [0.3, 0.4) is 0 Å². The lowest BCUT2D eigenvalue weighted by Gasteiger charge is -2.26. The van der Waals surface area contributed by atoms with Crippen LogP contribution in [0.4, 0.5) is 5.69 Å². The van der Waals surface area contributed by atoms with Crippen LogP contribution in [-0.2, 0) is 10.0 Å². The second-order valence-corrected chi connectivity index (χ2v) is 10.4. The zero-order chi connectivity index (χ0) is 24.0. The van der Waals surface area contributed by atoms with E-state index in [2.05, 4.69) is 10.6 Å². The summed E-state index contributed by atoms with van der Waals surface area (Å²) in [5, 5.41) is 5.58. The highest BCUT2D eigenvalue weighted by Crippen LogP contribution is 2.27. The minimum Gasteiger partial charge on any atom is -0.496 e. The van der Waals surface area contributed by atoms with Crippen molar-refractivity contribution in [2.45, 2.75) is 38.0 Å². The molecule has 1 aliphatic heterocycles. The van der Waals surface area contributed by atoms with E-state index >= 15 is 0 Å². The standard InChI is InChI=1S/C24H31N3O5S/c1-17(2)16-25-23(28)19-9-5-6-10-21(19)26-24(29)20-15-18(11-12-22(20)32-3)33(30,31)27-13-7-4-8-14-27/h5-6,9-12,15,17H,4,7-8,13-14,16H2,1-3H3,(H,25,28)(H,26,29). The van der Waals surface area contributed by atoms with Gasteiger partial charge in [-0.1, -0.05) is 32.4 Å². The van der Waals surface area contributed by atoms with Crippen molar-refractivity contribution in [3.8, 4) is 5.75 Å². The summed E-state index contributed by atoms with van der Waals surface area (Å²) in [6.07, 6.45) is 2.64. The van der Waals surface area contributed by atoms with E-state index in [0.29, 0.717) is 30.9 Å². The summed E-state index contributed by atoms with van der Waals surface area (Å²) in [4.78, 5) is 25.8. The molecule has 2 N–H and O–H groups in total. The number of anilines is 1. The first kappa shape index (κ1) is 24.7. The van der Waals surface area contributed by atoms with Crippen LogP contribution in [0.25, 0.3) is 0 Å². The van der Waals surface area contributed by atoms with Crippen molar-refractivity contribution in [1.82, 2.24) is 9.62 Å². The zero-order valence-electron chi connectivity index (χ0n) is 19.3. The largest absolute Gasteiger partial charge is 0.496 e. The Labute approximate surface area is 195 Å². The molecular formula is C24H31N3O5S. The van der Waals surface area contributed by atoms with E-state index in [0.717, 1.165) is 19.3 Å². The summed E-state index contributed by atoms with van der Waals surface area (Å²) in [5.74, 6) is -0.337. The molecule has 0 bridgehead atoms. The number of benzene rings is 2. The van der Waals surface area contributed by atoms with Crippen molar-refractivity contribution in [2.75, 3.05) is 32.1 Å². The third-order valence-corrected chi connectivity index (χ3v) is 7.35. The number of rotatable bonds is 8. The van der Waals surface area contributed by atoms with E-state index in [-0.39, 0.29) is 28.0 Å². The lowest BCUT2D eigenvalue weighted by molar-refractivity contribution is 0.0950. The SMILES string of the molecule is COc1ccc(S(=O)(=O)N2CCCCC2)cc1C(=O)Nc1ccccc1C(=O)NCC(C)C. The van der Waals surface area contributed by atoms with Crippen LogP contribution >= 0.6 is 0 Å². The van der Waals surface area contributed by atoms with Gasteiger partial charge in [-0.2, -0.15) is 4.31 Å². The van der Waals surface area contributed by atoms with Crippen molar-refractivity contribution in [2.24, 2.45) is 5.92 Å². The van der Waals surface area contributed by atoms with Gasteiger partial charge in [0.05, 0.1) is 28.8 Å². The number of nitrogens with one attached hydrogen (secondary N) is 2. The second kappa shape index (κ2) is 10.8. The first-order valence-electron chi connectivity index (χ1n) is 11.1. The Morgan fingerprint density at radius 1 is 1.00 bits per heavy atom. The third kappa shape index (κ3) is 5.91. The molecule has 178 valence electrons. The maximum atomic E-state index is 13.2. The number of ether oxygens (including phenoxy) is 1. The van der Waals surface area contributed by atoms with Gasteiger partial charge in [-0.15, -0.1) is 0 Å². The Balaban J connectivity index is 1.89. The molecule has 1 heterocycles. The minimum atomic E-state index is -3.72. The highest BCUT2D eigenvalue weighted by molar-refractivity contribution is 7.89. The lowest BCUT2D eigenvalue weighted by Crippen LogP contribution is -2.35. The van der Waals surface area contributed by atoms with Crippen molar-refractivity contribution in [3.63, 3.8) is 0 Å². The van der Waals surface area contributed by atoms with Crippen LogP contribution in [-0.4, -0.2) is 51.3 Å². The molecule has 9 heteroatoms. The maximum Gasteiger partial charge on any atom is 0.259 e. The average molecular weight is 474 g/mol. The number of hydrogen-bond donors (Lipinski definition) is 2. The fourth-order valence-electron chi connectivity index (χ4n) is 3.65. The summed E-state index contributed by atoms with van der Waals surface area (Å²) >= 11 is 0. The molecule has 0 unspecified atom stereocenters. The van der Waals surface area contributed by atoms with Crippen LogP contribution in [0.15, 0.2) is 47.4 Å². The smallest absolute Gasteiger partial charge is 0.259 e. The van der Waals surface area contributed by atoms with E-state index in [1.165, 1.54) is 29.6 Å². The number of piperidine rings is 1. The molecule has 0 spiro atoms. The van der Waals surface area contributed by atoms with Gasteiger partial charge in [0.1, 0.15) is 5.75 Å². The second-order valence-electron chi connectivity index (χ2n) is 8.43. The molecule has 0 saturated carbocycles. The first-order valence-corrected chi connectivity index (χ1v) is 12.5. The van der Waals surface area contributed by atoms with Gasteiger partial charge in [0.25, 0.3) is 11.8 Å². The predicted molar refractivity (Wildman–Crippen MR) is 127 cm³/mol. The van der Waals surface area contributed by atoms with E-state index < -0.39 is 15.9 Å². The number of methoxy groups -OCH3 is 1. The zero-order valence-corrected chi connectivity index (χ0v) is 20.1. The Kier molecular flexibility index (Phi) is 8.10. The summed E-state index contributed by atoms with van der Waals surface area (Å²) in [7, 11) is -2.30. The fourth-order valence-corrected chi connectivity index (χ4v) is 5.19. The van der Waals surface area contributed by atoms with Crippen LogP contribution in [0.2, 0.25) is 0 Å². The van der Waals surface area contributed by atoms with Gasteiger partial charge >= 0.3 is 0 Å². The normalized spacial score (nSPS) is 14.7. The van der Waals surface area contributed by atoms with Crippen LogP contribution < -0.4 is 15.4 Å². The molecule has 3 rings (SSSR count). The monoisotopic (exact) mass is 473 g/mol. The van der Waals surface area contributed by atoms with Gasteiger partial charge in [0.2, 0.25) is 10.0 Å². The van der Waals surface area contributed by atoms with E-state index in [9.17, 15) is 18.0 Å². The Morgan fingerprint density at radius 2 is 1.70 bits per heavy atom. The number of nitrogens with zero attached hydrogens (tertiary/aromatic N) is 1. The molecule has 1 fully saturated rings. The molecule has 1 saturated heterocycles. The molecule has 2 aromatic carbocycles. The number of carbonyl (C=O) groups is 2. The Bertz CT molecular complexity index is 1110. The molecule has 0 aromatic heterocycles. The molecule has 33 heavy (non-hydrogen) atoms. The Morgan fingerprint density at radius 3 is 2.36 bits per heavy atom. The highest BCUT2D eigenvalue weighted by atomic mass is 32.2. The van der Waals surface area contributed by atoms with E-state index in [1.54, 1.807) is 24.3 Å². The third-order valence-electron chi connectivity index (χ3n) is 5.46. The number of carbonyl (C=O) groups excluding carboxylic acids is 2. The van der Waals surface area contributed by atoms with Crippen molar-refractivity contribution in [1.29, 1.82) is 0 Å². The molecule has 0 aliphatic carbocycles. The van der Waals surface area contributed by atoms with Crippen LogP contribution in [0.1, 0.15) is 53.8 Å². The summed E-state index contributed by atoms with van der Waals surface area (Å²) in [5.41, 5.74) is 0.727. The lowest BCUT2D eigenvalue weighted by atomic mass is 10.1. The van der Waals surface area contributed by atoms with Crippen molar-refractivity contribution in [3.05, 3.63) is 53.6 Å². The van der Waals surface area contributed by atoms with Crippen LogP contribution in [0, 0.1) is 5.92 Å². The van der Waals surface area contributed by atoms with Crippen molar-refractivity contribution >= 4 is 27.5 Å². The van der Waals surface area contributed by atoms with E-state index in [1.807, 2.05) is 13.8 Å². The van der Waals surface area contributed by atoms with Crippen molar-refractivity contribution < 1.29 is 22.7 Å². The topological polar surface area (TPSA) is 105 Å².